The Balaban J connectivity index is 2.66. The molecule has 0 spiro atoms. The number of hydrogen-bond donors (Lipinski definition) is 0. The van der Waals surface area contributed by atoms with Gasteiger partial charge < -0.3 is 4.74 Å². The Morgan fingerprint density at radius 2 is 2.18 bits per heavy atom. The van der Waals surface area contributed by atoms with Crippen LogP contribution in [0.4, 0.5) is 13.2 Å². The molecule has 0 atom stereocenters. The highest BCUT2D eigenvalue weighted by atomic mass is 19.4. The van der Waals surface area contributed by atoms with Crippen LogP contribution in [0, 0.1) is 6.33 Å². The molecule has 0 fully saturated rings. The first-order chi connectivity index (χ1) is 5.08. The maximum atomic E-state index is 11.4. The molecule has 1 rings (SSSR count). The Hall–Kier alpha value is -1.33. The van der Waals surface area contributed by atoms with Gasteiger partial charge >= 0.3 is 6.36 Å². The van der Waals surface area contributed by atoms with Crippen LogP contribution in [0.1, 0.15) is 0 Å². The van der Waals surface area contributed by atoms with E-state index in [0.29, 0.717) is 0 Å². The summed E-state index contributed by atoms with van der Waals surface area (Å²) in [4.78, 5) is 6.38. The molecule has 0 aliphatic carbocycles. The number of alkyl halides is 3. The fraction of sp³-hybridized carbons (Fsp3) is 0.200. The summed E-state index contributed by atoms with van der Waals surface area (Å²) in [7, 11) is 0. The Labute approximate surface area is 59.8 Å². The number of rotatable bonds is 1. The quantitative estimate of drug-likeness (QED) is 0.623. The highest BCUT2D eigenvalue weighted by Crippen LogP contribution is 2.18. The lowest BCUT2D eigenvalue weighted by molar-refractivity contribution is -0.276. The molecule has 1 aromatic heterocycles. The molecule has 59 valence electrons. The summed E-state index contributed by atoms with van der Waals surface area (Å²) in [5, 5.41) is 0. The van der Waals surface area contributed by atoms with Gasteiger partial charge in [-0.2, -0.15) is 4.98 Å². The van der Waals surface area contributed by atoms with Crippen molar-refractivity contribution in [1.29, 1.82) is 0 Å². The van der Waals surface area contributed by atoms with Gasteiger partial charge in [-0.1, -0.05) is 0 Å². The fourth-order valence-corrected chi connectivity index (χ4v) is 0.425. The molecule has 0 aromatic carbocycles. The van der Waals surface area contributed by atoms with Gasteiger partial charge in [0.1, 0.15) is 0 Å². The SMILES string of the molecule is FC(F)(F)Oc1ccn[c]n1. The van der Waals surface area contributed by atoms with Gasteiger partial charge in [0.05, 0.1) is 0 Å². The molecule has 0 amide bonds. The molecule has 0 aliphatic rings. The Morgan fingerprint density at radius 1 is 1.45 bits per heavy atom. The number of halogens is 3. The monoisotopic (exact) mass is 163 g/mol. The first kappa shape index (κ1) is 7.77. The number of aromatic nitrogens is 2. The van der Waals surface area contributed by atoms with Gasteiger partial charge in [0.15, 0.2) is 0 Å². The summed E-state index contributed by atoms with van der Waals surface area (Å²) in [6.45, 7) is 0. The zero-order valence-corrected chi connectivity index (χ0v) is 5.09. The Kier molecular flexibility index (Phi) is 1.93. The van der Waals surface area contributed by atoms with Gasteiger partial charge in [-0.05, 0) is 0 Å². The van der Waals surface area contributed by atoms with Crippen LogP contribution in [0.15, 0.2) is 12.3 Å². The van der Waals surface area contributed by atoms with Crippen LogP contribution in [-0.4, -0.2) is 16.3 Å². The molecule has 0 bridgehead atoms. The summed E-state index contributed by atoms with van der Waals surface area (Å²) in [6.07, 6.45) is -1.64. The van der Waals surface area contributed by atoms with E-state index in [1.807, 2.05) is 6.33 Å². The van der Waals surface area contributed by atoms with Crippen LogP contribution in [0.2, 0.25) is 0 Å². The van der Waals surface area contributed by atoms with Crippen molar-refractivity contribution in [3.63, 3.8) is 0 Å². The molecule has 0 saturated heterocycles. The molecule has 1 aromatic rings. The van der Waals surface area contributed by atoms with Crippen LogP contribution in [-0.2, 0) is 0 Å². The van der Waals surface area contributed by atoms with Crippen molar-refractivity contribution >= 4 is 0 Å². The largest absolute Gasteiger partial charge is 0.574 e. The average Bonchev–Trinajstić information content (AvgIpc) is 1.85. The minimum atomic E-state index is -4.71. The standard InChI is InChI=1S/C5H2F3N2O/c6-5(7,8)11-4-1-2-9-3-10-4/h1-2H. The van der Waals surface area contributed by atoms with Gasteiger partial charge in [0.25, 0.3) is 0 Å². The van der Waals surface area contributed by atoms with E-state index in [0.717, 1.165) is 12.3 Å². The van der Waals surface area contributed by atoms with Crippen molar-refractivity contribution in [2.75, 3.05) is 0 Å². The van der Waals surface area contributed by atoms with E-state index in [2.05, 4.69) is 14.7 Å². The molecule has 0 aliphatic heterocycles. The van der Waals surface area contributed by atoms with Gasteiger partial charge in [0, 0.05) is 12.3 Å². The summed E-state index contributed by atoms with van der Waals surface area (Å²) < 4.78 is 37.8. The maximum absolute atomic E-state index is 11.4. The van der Waals surface area contributed by atoms with Crippen molar-refractivity contribution in [1.82, 2.24) is 9.97 Å². The second kappa shape index (κ2) is 2.73. The predicted molar refractivity (Wildman–Crippen MR) is 27.6 cm³/mol. The molecule has 0 unspecified atom stereocenters. The zero-order valence-electron chi connectivity index (χ0n) is 5.09. The van der Waals surface area contributed by atoms with Gasteiger partial charge in [0.2, 0.25) is 12.2 Å². The van der Waals surface area contributed by atoms with Crippen LogP contribution in [0.5, 0.6) is 5.88 Å². The van der Waals surface area contributed by atoms with Crippen molar-refractivity contribution in [3.8, 4) is 5.88 Å². The molecule has 6 heteroatoms. The molecular formula is C5H2F3N2O. The van der Waals surface area contributed by atoms with Gasteiger partial charge in [-0.25, -0.2) is 4.98 Å². The smallest absolute Gasteiger partial charge is 0.388 e. The topological polar surface area (TPSA) is 35.0 Å². The minimum absolute atomic E-state index is 0.562. The third-order valence-electron chi connectivity index (χ3n) is 0.730. The van der Waals surface area contributed by atoms with Crippen molar-refractivity contribution in [2.45, 2.75) is 6.36 Å². The van der Waals surface area contributed by atoms with E-state index in [-0.39, 0.29) is 0 Å². The Morgan fingerprint density at radius 3 is 2.64 bits per heavy atom. The second-order valence-corrected chi connectivity index (χ2v) is 1.54. The average molecular weight is 163 g/mol. The Bertz CT molecular complexity index is 223. The summed E-state index contributed by atoms with van der Waals surface area (Å²) in [5.41, 5.74) is 0. The van der Waals surface area contributed by atoms with Crippen LogP contribution >= 0.6 is 0 Å². The van der Waals surface area contributed by atoms with E-state index in [4.69, 9.17) is 0 Å². The second-order valence-electron chi connectivity index (χ2n) is 1.54. The summed E-state index contributed by atoms with van der Waals surface area (Å²) in [5.74, 6) is -0.562. The van der Waals surface area contributed by atoms with E-state index >= 15 is 0 Å². The van der Waals surface area contributed by atoms with Crippen molar-refractivity contribution in [2.24, 2.45) is 0 Å². The predicted octanol–water partition coefficient (Wildman–Crippen LogP) is 1.18. The third kappa shape index (κ3) is 2.83. The first-order valence-electron chi connectivity index (χ1n) is 2.53. The van der Waals surface area contributed by atoms with E-state index in [1.165, 1.54) is 0 Å². The van der Waals surface area contributed by atoms with E-state index in [9.17, 15) is 13.2 Å². The number of hydrogen-bond acceptors (Lipinski definition) is 3. The van der Waals surface area contributed by atoms with E-state index < -0.39 is 12.2 Å². The minimum Gasteiger partial charge on any atom is -0.388 e. The lowest BCUT2D eigenvalue weighted by atomic mass is 10.6. The van der Waals surface area contributed by atoms with Gasteiger partial charge in [-0.3, -0.25) is 0 Å². The highest BCUT2D eigenvalue weighted by molar-refractivity contribution is 5.03. The molecule has 0 N–H and O–H groups in total. The number of ether oxygens (including phenoxy) is 1. The summed E-state index contributed by atoms with van der Waals surface area (Å²) >= 11 is 0. The molecule has 0 saturated carbocycles. The maximum Gasteiger partial charge on any atom is 0.574 e. The normalized spacial score (nSPS) is 11.2. The fourth-order valence-electron chi connectivity index (χ4n) is 0.425. The molecule has 1 radical (unpaired) electrons. The number of nitrogens with zero attached hydrogens (tertiary/aromatic N) is 2. The van der Waals surface area contributed by atoms with Crippen molar-refractivity contribution < 1.29 is 17.9 Å². The lowest BCUT2D eigenvalue weighted by Gasteiger charge is -2.05. The van der Waals surface area contributed by atoms with Crippen LogP contribution < -0.4 is 4.74 Å². The molecule has 1 heterocycles. The van der Waals surface area contributed by atoms with Crippen LogP contribution in [0.25, 0.3) is 0 Å². The molecular weight excluding hydrogens is 161 g/mol. The van der Waals surface area contributed by atoms with Gasteiger partial charge in [-0.15, -0.1) is 13.2 Å². The molecule has 3 nitrogen and oxygen atoms in total. The zero-order chi connectivity index (χ0) is 8.32. The highest BCUT2D eigenvalue weighted by Gasteiger charge is 2.31. The first-order valence-corrected chi connectivity index (χ1v) is 2.53. The summed E-state index contributed by atoms with van der Waals surface area (Å²) in [6, 6.07) is 0.990. The van der Waals surface area contributed by atoms with Crippen molar-refractivity contribution in [3.05, 3.63) is 18.6 Å². The van der Waals surface area contributed by atoms with E-state index in [1.54, 1.807) is 0 Å². The lowest BCUT2D eigenvalue weighted by Crippen LogP contribution is -2.17. The van der Waals surface area contributed by atoms with Crippen LogP contribution in [0.3, 0.4) is 0 Å². The third-order valence-corrected chi connectivity index (χ3v) is 0.730. The molecule has 11 heavy (non-hydrogen) atoms.